The smallest absolute Gasteiger partial charge is 0.148 e. The van der Waals surface area contributed by atoms with Crippen molar-refractivity contribution in [3.63, 3.8) is 0 Å². The molecule has 1 aromatic rings. The molecule has 2 heterocycles. The second-order valence-corrected chi connectivity index (χ2v) is 4.34. The molecule has 1 aliphatic rings. The normalized spacial score (nSPS) is 26.8. The molecule has 1 N–H and O–H groups in total. The molecule has 76 valence electrons. The Bertz CT molecular complexity index is 320. The van der Waals surface area contributed by atoms with Gasteiger partial charge in [-0.15, -0.1) is 0 Å². The summed E-state index contributed by atoms with van der Waals surface area (Å²) in [5.41, 5.74) is 2.11. The van der Waals surface area contributed by atoms with E-state index >= 15 is 0 Å². The predicted octanol–water partition coefficient (Wildman–Crippen LogP) is 1.69. The third-order valence-electron chi connectivity index (χ3n) is 2.84. The summed E-state index contributed by atoms with van der Waals surface area (Å²) in [6, 6.07) is 2.02. The molecule has 0 unspecified atom stereocenters. The van der Waals surface area contributed by atoms with E-state index in [9.17, 15) is 0 Å². The van der Waals surface area contributed by atoms with Crippen molar-refractivity contribution in [2.75, 3.05) is 6.54 Å². The maximum Gasteiger partial charge on any atom is 0.148 e. The van der Waals surface area contributed by atoms with Crippen LogP contribution in [-0.2, 0) is 5.54 Å². The van der Waals surface area contributed by atoms with Gasteiger partial charge in [-0.3, -0.25) is 0 Å². The Labute approximate surface area is 85.0 Å². The third kappa shape index (κ3) is 1.64. The minimum Gasteiger partial charge on any atom is -0.305 e. The molecule has 0 amide bonds. The highest BCUT2D eigenvalue weighted by Crippen LogP contribution is 2.27. The van der Waals surface area contributed by atoms with Crippen LogP contribution in [0, 0.1) is 13.8 Å². The van der Waals surface area contributed by atoms with Crippen molar-refractivity contribution in [2.45, 2.75) is 39.2 Å². The van der Waals surface area contributed by atoms with E-state index in [1.54, 1.807) is 0 Å². The van der Waals surface area contributed by atoms with Crippen molar-refractivity contribution in [1.82, 2.24) is 15.3 Å². The molecule has 1 aromatic heterocycles. The van der Waals surface area contributed by atoms with Gasteiger partial charge < -0.3 is 5.32 Å². The first-order valence-electron chi connectivity index (χ1n) is 5.18. The molecule has 14 heavy (non-hydrogen) atoms. The Morgan fingerprint density at radius 3 is 2.43 bits per heavy atom. The number of rotatable bonds is 1. The Balaban J connectivity index is 2.40. The summed E-state index contributed by atoms with van der Waals surface area (Å²) in [4.78, 5) is 9.03. The minimum atomic E-state index is -0.00319. The molecule has 1 fully saturated rings. The summed E-state index contributed by atoms with van der Waals surface area (Å²) in [6.45, 7) is 7.31. The predicted molar refractivity (Wildman–Crippen MR) is 56.1 cm³/mol. The first-order chi connectivity index (χ1) is 6.60. The van der Waals surface area contributed by atoms with Crippen LogP contribution in [0.4, 0.5) is 0 Å². The van der Waals surface area contributed by atoms with Gasteiger partial charge in [-0.1, -0.05) is 0 Å². The van der Waals surface area contributed by atoms with Crippen molar-refractivity contribution in [2.24, 2.45) is 0 Å². The van der Waals surface area contributed by atoms with Crippen molar-refractivity contribution in [1.29, 1.82) is 0 Å². The molecule has 0 aromatic carbocycles. The van der Waals surface area contributed by atoms with E-state index in [0.29, 0.717) is 0 Å². The molecule has 3 heteroatoms. The summed E-state index contributed by atoms with van der Waals surface area (Å²) in [5, 5.41) is 3.48. The largest absolute Gasteiger partial charge is 0.305 e. The standard InChI is InChI=1S/C11H17N3/c1-8-7-9(2)14-10(13-8)11(3)5-4-6-12-11/h7,12H,4-6H2,1-3H3/t11-/m1/s1. The van der Waals surface area contributed by atoms with Gasteiger partial charge in [0.05, 0.1) is 5.54 Å². The highest BCUT2D eigenvalue weighted by atomic mass is 15.1. The Morgan fingerprint density at radius 2 is 1.93 bits per heavy atom. The van der Waals surface area contributed by atoms with E-state index in [-0.39, 0.29) is 5.54 Å². The first kappa shape index (κ1) is 9.59. The average molecular weight is 191 g/mol. The molecule has 1 aliphatic heterocycles. The number of aryl methyl sites for hydroxylation is 2. The van der Waals surface area contributed by atoms with Gasteiger partial charge in [-0.25, -0.2) is 9.97 Å². The van der Waals surface area contributed by atoms with Crippen LogP contribution in [0.15, 0.2) is 6.07 Å². The lowest BCUT2D eigenvalue weighted by molar-refractivity contribution is 0.405. The van der Waals surface area contributed by atoms with Crippen molar-refractivity contribution in [3.05, 3.63) is 23.3 Å². The summed E-state index contributed by atoms with van der Waals surface area (Å²) < 4.78 is 0. The lowest BCUT2D eigenvalue weighted by atomic mass is 9.99. The third-order valence-corrected chi connectivity index (χ3v) is 2.84. The molecule has 0 saturated carbocycles. The van der Waals surface area contributed by atoms with Gasteiger partial charge >= 0.3 is 0 Å². The van der Waals surface area contributed by atoms with Gasteiger partial charge in [0.15, 0.2) is 0 Å². The van der Waals surface area contributed by atoms with Crippen molar-refractivity contribution >= 4 is 0 Å². The monoisotopic (exact) mass is 191 g/mol. The number of nitrogens with one attached hydrogen (secondary N) is 1. The Kier molecular flexibility index (Phi) is 2.27. The van der Waals surface area contributed by atoms with Crippen LogP contribution in [0.1, 0.15) is 37.0 Å². The minimum absolute atomic E-state index is 0.00319. The second-order valence-electron chi connectivity index (χ2n) is 4.34. The fourth-order valence-corrected chi connectivity index (χ4v) is 2.06. The van der Waals surface area contributed by atoms with Gasteiger partial charge in [-0.2, -0.15) is 0 Å². The highest BCUT2D eigenvalue weighted by Gasteiger charge is 2.32. The van der Waals surface area contributed by atoms with Crippen LogP contribution >= 0.6 is 0 Å². The summed E-state index contributed by atoms with van der Waals surface area (Å²) in [5.74, 6) is 0.951. The molecule has 0 spiro atoms. The fraction of sp³-hybridized carbons (Fsp3) is 0.636. The van der Waals surface area contributed by atoms with Gasteiger partial charge in [0.2, 0.25) is 0 Å². The molecular formula is C11H17N3. The fourth-order valence-electron chi connectivity index (χ4n) is 2.06. The molecule has 0 bridgehead atoms. The van der Waals surface area contributed by atoms with Crippen LogP contribution in [0.5, 0.6) is 0 Å². The van der Waals surface area contributed by atoms with E-state index < -0.39 is 0 Å². The summed E-state index contributed by atoms with van der Waals surface area (Å²) >= 11 is 0. The topological polar surface area (TPSA) is 37.8 Å². The van der Waals surface area contributed by atoms with Crippen molar-refractivity contribution < 1.29 is 0 Å². The van der Waals surface area contributed by atoms with Crippen LogP contribution in [-0.4, -0.2) is 16.5 Å². The maximum atomic E-state index is 4.51. The highest BCUT2D eigenvalue weighted by molar-refractivity contribution is 5.15. The average Bonchev–Trinajstić information content (AvgIpc) is 2.52. The molecule has 2 rings (SSSR count). The molecule has 1 atom stereocenters. The summed E-state index contributed by atoms with van der Waals surface area (Å²) in [6.07, 6.45) is 2.35. The van der Waals surface area contributed by atoms with Crippen LogP contribution < -0.4 is 5.32 Å². The zero-order chi connectivity index (χ0) is 10.2. The van der Waals surface area contributed by atoms with Crippen LogP contribution in [0.3, 0.4) is 0 Å². The van der Waals surface area contributed by atoms with E-state index in [2.05, 4.69) is 22.2 Å². The maximum absolute atomic E-state index is 4.51. The van der Waals surface area contributed by atoms with Gasteiger partial charge in [0.25, 0.3) is 0 Å². The molecular weight excluding hydrogens is 174 g/mol. The van der Waals surface area contributed by atoms with E-state index in [0.717, 1.165) is 30.2 Å². The van der Waals surface area contributed by atoms with E-state index in [1.165, 1.54) is 6.42 Å². The molecule has 1 saturated heterocycles. The van der Waals surface area contributed by atoms with Crippen LogP contribution in [0.25, 0.3) is 0 Å². The number of hydrogen-bond acceptors (Lipinski definition) is 3. The zero-order valence-electron chi connectivity index (χ0n) is 9.09. The van der Waals surface area contributed by atoms with E-state index in [4.69, 9.17) is 0 Å². The van der Waals surface area contributed by atoms with Gasteiger partial charge in [0.1, 0.15) is 5.82 Å². The lowest BCUT2D eigenvalue weighted by Gasteiger charge is -2.22. The van der Waals surface area contributed by atoms with Gasteiger partial charge in [0, 0.05) is 11.4 Å². The molecule has 3 nitrogen and oxygen atoms in total. The molecule has 0 aliphatic carbocycles. The first-order valence-corrected chi connectivity index (χ1v) is 5.18. The van der Waals surface area contributed by atoms with Gasteiger partial charge in [-0.05, 0) is 46.2 Å². The quantitative estimate of drug-likeness (QED) is 0.734. The van der Waals surface area contributed by atoms with Crippen molar-refractivity contribution in [3.8, 4) is 0 Å². The Hall–Kier alpha value is -0.960. The zero-order valence-corrected chi connectivity index (χ0v) is 9.09. The number of aromatic nitrogens is 2. The SMILES string of the molecule is Cc1cc(C)nc([C@@]2(C)CCCN2)n1. The summed E-state index contributed by atoms with van der Waals surface area (Å²) in [7, 11) is 0. The lowest BCUT2D eigenvalue weighted by Crippen LogP contribution is -2.35. The second kappa shape index (κ2) is 3.31. The number of nitrogens with zero attached hydrogens (tertiary/aromatic N) is 2. The van der Waals surface area contributed by atoms with E-state index in [1.807, 2.05) is 19.9 Å². The number of hydrogen-bond donors (Lipinski definition) is 1. The Morgan fingerprint density at radius 1 is 1.29 bits per heavy atom. The molecule has 0 radical (unpaired) electrons. The van der Waals surface area contributed by atoms with Crippen LogP contribution in [0.2, 0.25) is 0 Å².